The maximum Gasteiger partial charge on any atom is 0.408 e. The van der Waals surface area contributed by atoms with Crippen molar-refractivity contribution in [3.8, 4) is 5.75 Å². The maximum absolute atomic E-state index is 13.2. The Morgan fingerprint density at radius 1 is 1.18 bits per heavy atom. The molecule has 0 saturated carbocycles. The summed E-state index contributed by atoms with van der Waals surface area (Å²) in [6, 6.07) is 5.86. The lowest BCUT2D eigenvalue weighted by atomic mass is 10.0. The number of aryl methyl sites for hydroxylation is 1. The molecule has 2 heterocycles. The third kappa shape index (κ3) is 16.6. The number of hydrogen-bond acceptors (Lipinski definition) is 6. The van der Waals surface area contributed by atoms with Crippen molar-refractivity contribution in [1.29, 1.82) is 0 Å². The van der Waals surface area contributed by atoms with Crippen molar-refractivity contribution in [3.05, 3.63) is 83.1 Å². The summed E-state index contributed by atoms with van der Waals surface area (Å²) < 4.78 is 40.9. The van der Waals surface area contributed by atoms with Gasteiger partial charge in [-0.25, -0.2) is 18.6 Å². The number of carbonyl (C=O) groups is 2. The summed E-state index contributed by atoms with van der Waals surface area (Å²) in [4.78, 5) is 27.2. The average molecular weight is 688 g/mol. The average Bonchev–Trinajstić information content (AvgIpc) is 3.28. The molecular weight excluding hydrogens is 628 g/mol. The fourth-order valence-corrected chi connectivity index (χ4v) is 4.29. The fourth-order valence-electron chi connectivity index (χ4n) is 4.29. The number of amidine groups is 1. The lowest BCUT2D eigenvalue weighted by molar-refractivity contribution is -0.128. The zero-order valence-corrected chi connectivity index (χ0v) is 31.5. The Bertz CT molecular complexity index is 1340. The van der Waals surface area contributed by atoms with Crippen LogP contribution in [0.15, 0.2) is 77.0 Å². The number of aliphatic imine (C=N–C) groups is 1. The molecule has 2 atom stereocenters. The molecule has 1 N–H and O–H groups in total. The molecule has 0 aromatic heterocycles. The first-order chi connectivity index (χ1) is 23.3. The molecule has 8 nitrogen and oxygen atoms in total. The second-order valence-corrected chi connectivity index (χ2v) is 11.5. The maximum atomic E-state index is 13.2. The van der Waals surface area contributed by atoms with E-state index < -0.39 is 23.9 Å². The van der Waals surface area contributed by atoms with Gasteiger partial charge in [-0.15, -0.1) is 0 Å². The van der Waals surface area contributed by atoms with Crippen molar-refractivity contribution in [3.63, 3.8) is 0 Å². The fraction of sp³-hybridized carbons (Fsp3) is 0.513. The normalized spacial score (nSPS) is 18.4. The van der Waals surface area contributed by atoms with Crippen LogP contribution in [0, 0.1) is 12.8 Å². The minimum Gasteiger partial charge on any atom is -0.496 e. The molecule has 1 amide bonds. The number of cyclic esters (lactones) is 1. The quantitative estimate of drug-likeness (QED) is 0.127. The van der Waals surface area contributed by atoms with Crippen molar-refractivity contribution in [1.82, 2.24) is 10.2 Å². The molecule has 49 heavy (non-hydrogen) atoms. The van der Waals surface area contributed by atoms with E-state index in [-0.39, 0.29) is 12.5 Å². The number of ether oxygens (including phenoxy) is 3. The van der Waals surface area contributed by atoms with E-state index in [4.69, 9.17) is 14.5 Å². The number of likely N-dealkylation sites (tertiary alicyclic amines) is 1. The van der Waals surface area contributed by atoms with Gasteiger partial charge in [0.15, 0.2) is 0 Å². The van der Waals surface area contributed by atoms with Crippen molar-refractivity contribution < 1.29 is 32.6 Å². The molecule has 2 aliphatic heterocycles. The standard InChI is InChI=1S/C18H24N2O.C11H11F2NO2.C5H12.C3H6O2.C2H6/c1-6-16(14(3)19-15(4)20-10-7-11-20)17-12-13(2)8-9-18(17)21-5;1-6-10(16-11(15)14-6)7-4-8(12)2-3-9(13)5-7;1-4-5(2)3;1-2-5-3-4;1-2/h6,8-9,12H,1,7,10-11H2,2-5H3;2,4-6,10H,3H2,1H3,(H,14,15);5H,4H2,1-3H3;3H,2H2,1H3;1-2H3/b16-14+,19-15?;;;;. The molecule has 1 aliphatic carbocycles. The molecule has 1 aromatic rings. The number of methoxy groups -OCH3 is 1. The summed E-state index contributed by atoms with van der Waals surface area (Å²) in [7, 11) is 1.69. The van der Waals surface area contributed by atoms with Gasteiger partial charge in [0.2, 0.25) is 0 Å². The summed E-state index contributed by atoms with van der Waals surface area (Å²) in [6.45, 7) is 27.4. The molecule has 3 aliphatic rings. The van der Waals surface area contributed by atoms with Crippen molar-refractivity contribution >= 4 is 24.0 Å². The van der Waals surface area contributed by atoms with Crippen LogP contribution >= 0.6 is 0 Å². The van der Waals surface area contributed by atoms with Gasteiger partial charge in [-0.2, -0.15) is 0 Å². The molecule has 0 spiro atoms. The molecule has 1 aromatic carbocycles. The predicted octanol–water partition coefficient (Wildman–Crippen LogP) is 9.82. The number of benzene rings is 1. The monoisotopic (exact) mass is 687 g/mol. The van der Waals surface area contributed by atoms with Gasteiger partial charge in [-0.3, -0.25) is 4.79 Å². The van der Waals surface area contributed by atoms with Gasteiger partial charge in [0.05, 0.1) is 19.8 Å². The summed E-state index contributed by atoms with van der Waals surface area (Å²) in [6.07, 6.45) is 6.69. The van der Waals surface area contributed by atoms with E-state index in [0.717, 1.165) is 53.5 Å². The predicted molar refractivity (Wildman–Crippen MR) is 198 cm³/mol. The van der Waals surface area contributed by atoms with E-state index in [9.17, 15) is 18.4 Å². The molecule has 10 heteroatoms. The van der Waals surface area contributed by atoms with E-state index >= 15 is 0 Å². The molecule has 2 unspecified atom stereocenters. The third-order valence-corrected chi connectivity index (χ3v) is 7.42. The Kier molecular flexibility index (Phi) is 22.7. The number of nitrogens with one attached hydrogen (secondary N) is 1. The van der Waals surface area contributed by atoms with Crippen LogP contribution in [0.25, 0.3) is 5.57 Å². The summed E-state index contributed by atoms with van der Waals surface area (Å²) in [5, 5.41) is 2.52. The van der Waals surface area contributed by atoms with Crippen LogP contribution in [-0.4, -0.2) is 62.3 Å². The lowest BCUT2D eigenvalue weighted by Crippen LogP contribution is -2.40. The van der Waals surface area contributed by atoms with Gasteiger partial charge in [0.1, 0.15) is 29.3 Å². The summed E-state index contributed by atoms with van der Waals surface area (Å²) in [5.41, 5.74) is 4.56. The molecule has 2 fully saturated rings. The highest BCUT2D eigenvalue weighted by Crippen LogP contribution is 2.31. The summed E-state index contributed by atoms with van der Waals surface area (Å²) in [5.74, 6) is 1.84. The zero-order chi connectivity index (χ0) is 37.5. The van der Waals surface area contributed by atoms with Crippen LogP contribution in [-0.2, 0) is 14.3 Å². The van der Waals surface area contributed by atoms with Gasteiger partial charge < -0.3 is 24.4 Å². The molecule has 2 saturated heterocycles. The SMILES string of the molecule is C=C/C(=C(/C)N=C(C)N1CCC1)c1cc(C)ccc1OC.CC.CC1NC(=O)OC1C1=CC(F)=CCC(F)=C1.CCC(C)C.CCOC=O. The number of allylic oxidation sites excluding steroid dienone is 7. The van der Waals surface area contributed by atoms with Crippen molar-refractivity contribution in [2.24, 2.45) is 10.9 Å². The van der Waals surface area contributed by atoms with E-state index in [1.54, 1.807) is 21.0 Å². The van der Waals surface area contributed by atoms with Crippen molar-refractivity contribution in [2.75, 3.05) is 26.8 Å². The molecule has 4 rings (SSSR count). The number of amides is 1. The molecule has 0 bridgehead atoms. The highest BCUT2D eigenvalue weighted by atomic mass is 19.1. The van der Waals surface area contributed by atoms with Gasteiger partial charge in [0.25, 0.3) is 6.47 Å². The zero-order valence-electron chi connectivity index (χ0n) is 31.5. The first-order valence-electron chi connectivity index (χ1n) is 17.1. The largest absolute Gasteiger partial charge is 0.496 e. The second-order valence-electron chi connectivity index (χ2n) is 11.5. The van der Waals surface area contributed by atoms with E-state index in [2.05, 4.69) is 62.2 Å². The smallest absolute Gasteiger partial charge is 0.408 e. The number of nitrogens with zero attached hydrogens (tertiary/aromatic N) is 2. The van der Waals surface area contributed by atoms with Gasteiger partial charge in [0, 0.05) is 41.9 Å². The number of rotatable bonds is 8. The topological polar surface area (TPSA) is 89.5 Å². The molecular formula is C39H59F2N3O5. The van der Waals surface area contributed by atoms with E-state index in [1.165, 1.54) is 30.6 Å². The third-order valence-electron chi connectivity index (χ3n) is 7.42. The Morgan fingerprint density at radius 3 is 2.24 bits per heavy atom. The van der Waals surface area contributed by atoms with E-state index in [1.807, 2.05) is 39.0 Å². The number of halogens is 2. The highest BCUT2D eigenvalue weighted by Gasteiger charge is 2.33. The van der Waals surface area contributed by atoms with Crippen LogP contribution in [0.3, 0.4) is 0 Å². The first kappa shape index (κ1) is 44.8. The van der Waals surface area contributed by atoms with Crippen LogP contribution in [0.4, 0.5) is 13.6 Å². The number of alkyl carbamates (subject to hydrolysis) is 1. The number of hydrogen-bond donors (Lipinski definition) is 1. The molecule has 274 valence electrons. The van der Waals surface area contributed by atoms with Crippen molar-refractivity contribution in [2.45, 2.75) is 101 Å². The Labute approximate surface area is 293 Å². The second kappa shape index (κ2) is 24.9. The van der Waals surface area contributed by atoms with E-state index in [0.29, 0.717) is 18.7 Å². The minimum atomic E-state index is -0.643. The molecule has 0 radical (unpaired) electrons. The minimum absolute atomic E-state index is 0.0751. The Morgan fingerprint density at radius 2 is 1.82 bits per heavy atom. The Balaban J connectivity index is 0.000000722. The van der Waals surface area contributed by atoms with Crippen LogP contribution in [0.5, 0.6) is 5.75 Å². The highest BCUT2D eigenvalue weighted by molar-refractivity contribution is 5.85. The van der Waals surface area contributed by atoms with Gasteiger partial charge in [-0.1, -0.05) is 65.3 Å². The summed E-state index contributed by atoms with van der Waals surface area (Å²) >= 11 is 0. The first-order valence-corrected chi connectivity index (χ1v) is 17.1. The Hall–Kier alpha value is -4.21. The van der Waals surface area contributed by atoms with Crippen LogP contribution in [0.1, 0.15) is 92.7 Å². The lowest BCUT2D eigenvalue weighted by Gasteiger charge is -2.32. The van der Waals surface area contributed by atoms with Crippen LogP contribution in [0.2, 0.25) is 0 Å². The van der Waals surface area contributed by atoms with Gasteiger partial charge >= 0.3 is 6.09 Å². The van der Waals surface area contributed by atoms with Crippen LogP contribution < -0.4 is 10.1 Å². The number of carbonyl (C=O) groups excluding carboxylic acids is 2. The van der Waals surface area contributed by atoms with Gasteiger partial charge in [-0.05, 0) is 77.3 Å².